The summed E-state index contributed by atoms with van der Waals surface area (Å²) in [6.07, 6.45) is 0. The number of phenols is 1. The van der Waals surface area contributed by atoms with Gasteiger partial charge in [0, 0.05) is 31.9 Å². The molecule has 0 aliphatic carbocycles. The molecule has 1 N–H and O–H groups in total. The summed E-state index contributed by atoms with van der Waals surface area (Å²) in [5, 5.41) is 9.32. The van der Waals surface area contributed by atoms with Gasteiger partial charge < -0.3 is 10.0 Å². The van der Waals surface area contributed by atoms with Gasteiger partial charge in [-0.25, -0.2) is 8.42 Å². The van der Waals surface area contributed by atoms with Crippen LogP contribution < -0.4 is 4.90 Å². The molecule has 0 radical (unpaired) electrons. The average Bonchev–Trinajstić information content (AvgIpc) is 2.65. The van der Waals surface area contributed by atoms with Gasteiger partial charge in [-0.3, -0.25) is 0 Å². The first-order chi connectivity index (χ1) is 11.6. The van der Waals surface area contributed by atoms with Crippen LogP contribution in [0.2, 0.25) is 0 Å². The molecule has 0 aromatic heterocycles. The van der Waals surface area contributed by atoms with E-state index in [1.54, 1.807) is 36.4 Å². The van der Waals surface area contributed by atoms with Crippen molar-refractivity contribution < 1.29 is 13.5 Å². The van der Waals surface area contributed by atoms with Crippen LogP contribution in [0.3, 0.4) is 0 Å². The van der Waals surface area contributed by atoms with E-state index in [9.17, 15) is 13.5 Å². The number of aromatic hydroxyl groups is 1. The highest BCUT2D eigenvalue weighted by Crippen LogP contribution is 2.22. The molecule has 2 aromatic rings. The molecular weight excluding hydrogens is 324 g/mol. The molecule has 0 bridgehead atoms. The zero-order valence-corrected chi connectivity index (χ0v) is 14.9. The summed E-state index contributed by atoms with van der Waals surface area (Å²) in [6.45, 7) is 6.18. The number of piperazine rings is 1. The van der Waals surface area contributed by atoms with Crippen LogP contribution in [0.4, 0.5) is 5.69 Å². The van der Waals surface area contributed by atoms with E-state index in [2.05, 4.69) is 4.90 Å². The van der Waals surface area contributed by atoms with Gasteiger partial charge in [-0.2, -0.15) is 4.31 Å². The molecule has 1 heterocycles. The molecule has 0 spiro atoms. The maximum atomic E-state index is 12.5. The van der Waals surface area contributed by atoms with Gasteiger partial charge in [0.15, 0.2) is 0 Å². The Labute approximate surface area is 144 Å². The average molecular weight is 348 g/mol. The Morgan fingerprint density at radius 3 is 1.92 bits per heavy atom. The Hall–Kier alpha value is -2.05. The SMILES string of the molecule is CC.O=S(=O)(c1ccccc1)N1CCN(c2ccc(O)cc2)CC1. The first-order valence-corrected chi connectivity index (χ1v) is 9.60. The van der Waals surface area contributed by atoms with Crippen molar-refractivity contribution in [2.45, 2.75) is 18.7 Å². The molecule has 2 aromatic carbocycles. The molecule has 130 valence electrons. The first kappa shape index (κ1) is 18.3. The van der Waals surface area contributed by atoms with E-state index < -0.39 is 10.0 Å². The Balaban J connectivity index is 0.00000100. The van der Waals surface area contributed by atoms with Gasteiger partial charge in [-0.15, -0.1) is 0 Å². The molecule has 6 heteroatoms. The highest BCUT2D eigenvalue weighted by Gasteiger charge is 2.28. The fourth-order valence-electron chi connectivity index (χ4n) is 2.59. The van der Waals surface area contributed by atoms with Gasteiger partial charge in [-0.05, 0) is 36.4 Å². The minimum absolute atomic E-state index is 0.231. The number of rotatable bonds is 3. The predicted molar refractivity (Wildman–Crippen MR) is 96.9 cm³/mol. The summed E-state index contributed by atoms with van der Waals surface area (Å²) in [6, 6.07) is 15.5. The summed E-state index contributed by atoms with van der Waals surface area (Å²) >= 11 is 0. The van der Waals surface area contributed by atoms with Gasteiger partial charge in [0.05, 0.1) is 4.90 Å². The van der Waals surface area contributed by atoms with E-state index >= 15 is 0 Å². The lowest BCUT2D eigenvalue weighted by atomic mass is 10.2. The lowest BCUT2D eigenvalue weighted by molar-refractivity contribution is 0.385. The van der Waals surface area contributed by atoms with Crippen molar-refractivity contribution in [3.8, 4) is 5.75 Å². The number of benzene rings is 2. The summed E-state index contributed by atoms with van der Waals surface area (Å²) in [4.78, 5) is 2.46. The molecule has 0 unspecified atom stereocenters. The van der Waals surface area contributed by atoms with E-state index in [1.807, 2.05) is 32.0 Å². The molecule has 1 aliphatic rings. The summed E-state index contributed by atoms with van der Waals surface area (Å²) in [5.41, 5.74) is 0.995. The number of nitrogens with zero attached hydrogens (tertiary/aromatic N) is 2. The molecular formula is C18H24N2O3S. The van der Waals surface area contributed by atoms with Crippen LogP contribution in [0.15, 0.2) is 59.5 Å². The Bertz CT molecular complexity index is 723. The van der Waals surface area contributed by atoms with Crippen LogP contribution in [-0.2, 0) is 10.0 Å². The van der Waals surface area contributed by atoms with E-state index in [0.29, 0.717) is 31.1 Å². The van der Waals surface area contributed by atoms with E-state index in [0.717, 1.165) is 5.69 Å². The van der Waals surface area contributed by atoms with Gasteiger partial charge in [0.2, 0.25) is 10.0 Å². The fraction of sp³-hybridized carbons (Fsp3) is 0.333. The first-order valence-electron chi connectivity index (χ1n) is 8.16. The van der Waals surface area contributed by atoms with Crippen molar-refractivity contribution in [2.75, 3.05) is 31.1 Å². The van der Waals surface area contributed by atoms with Gasteiger partial charge >= 0.3 is 0 Å². The van der Waals surface area contributed by atoms with Crippen molar-refractivity contribution in [3.05, 3.63) is 54.6 Å². The standard InChI is InChI=1S/C16H18N2O3S.C2H6/c19-15-8-6-14(7-9-15)17-10-12-18(13-11-17)22(20,21)16-4-2-1-3-5-16;1-2/h1-9,19H,10-13H2;1-2H3. The van der Waals surface area contributed by atoms with Crippen molar-refractivity contribution in [3.63, 3.8) is 0 Å². The maximum Gasteiger partial charge on any atom is 0.243 e. The van der Waals surface area contributed by atoms with Crippen LogP contribution in [0.1, 0.15) is 13.8 Å². The summed E-state index contributed by atoms with van der Waals surface area (Å²) in [7, 11) is -3.41. The third-order valence-corrected chi connectivity index (χ3v) is 5.75. The topological polar surface area (TPSA) is 60.9 Å². The second-order valence-electron chi connectivity index (χ2n) is 5.22. The van der Waals surface area contributed by atoms with Crippen LogP contribution in [0, 0.1) is 0 Å². The minimum atomic E-state index is -3.41. The molecule has 0 atom stereocenters. The van der Waals surface area contributed by atoms with Crippen molar-refractivity contribution in [1.29, 1.82) is 0 Å². The van der Waals surface area contributed by atoms with Crippen LogP contribution in [0.25, 0.3) is 0 Å². The fourth-order valence-corrected chi connectivity index (χ4v) is 4.03. The Morgan fingerprint density at radius 1 is 0.833 bits per heavy atom. The maximum absolute atomic E-state index is 12.5. The Morgan fingerprint density at radius 2 is 1.38 bits per heavy atom. The predicted octanol–water partition coefficient (Wildman–Crippen LogP) is 2.93. The van der Waals surface area contributed by atoms with Crippen molar-refractivity contribution in [1.82, 2.24) is 4.31 Å². The summed E-state index contributed by atoms with van der Waals surface area (Å²) in [5.74, 6) is 0.231. The minimum Gasteiger partial charge on any atom is -0.508 e. The second kappa shape index (κ2) is 8.17. The van der Waals surface area contributed by atoms with Crippen LogP contribution in [0.5, 0.6) is 5.75 Å². The number of hydrogen-bond donors (Lipinski definition) is 1. The highest BCUT2D eigenvalue weighted by molar-refractivity contribution is 7.89. The molecule has 0 amide bonds. The highest BCUT2D eigenvalue weighted by atomic mass is 32.2. The van der Waals surface area contributed by atoms with E-state index in [-0.39, 0.29) is 5.75 Å². The lowest BCUT2D eigenvalue weighted by Gasteiger charge is -2.35. The Kier molecular flexibility index (Phi) is 6.23. The van der Waals surface area contributed by atoms with E-state index in [4.69, 9.17) is 0 Å². The molecule has 0 saturated carbocycles. The van der Waals surface area contributed by atoms with Gasteiger partial charge in [0.1, 0.15) is 5.75 Å². The molecule has 5 nitrogen and oxygen atoms in total. The second-order valence-corrected chi connectivity index (χ2v) is 7.16. The number of hydrogen-bond acceptors (Lipinski definition) is 4. The van der Waals surface area contributed by atoms with Crippen molar-refractivity contribution >= 4 is 15.7 Å². The number of sulfonamides is 1. The molecule has 1 fully saturated rings. The van der Waals surface area contributed by atoms with Gasteiger partial charge in [-0.1, -0.05) is 32.0 Å². The van der Waals surface area contributed by atoms with Crippen LogP contribution in [-0.4, -0.2) is 44.0 Å². The lowest BCUT2D eigenvalue weighted by Crippen LogP contribution is -2.48. The smallest absolute Gasteiger partial charge is 0.243 e. The number of phenolic OH excluding ortho intramolecular Hbond substituents is 1. The zero-order chi connectivity index (χ0) is 17.6. The summed E-state index contributed by atoms with van der Waals surface area (Å²) < 4.78 is 26.6. The molecule has 1 aliphatic heterocycles. The van der Waals surface area contributed by atoms with Crippen molar-refractivity contribution in [2.24, 2.45) is 0 Å². The molecule has 24 heavy (non-hydrogen) atoms. The largest absolute Gasteiger partial charge is 0.508 e. The van der Waals surface area contributed by atoms with E-state index in [1.165, 1.54) is 4.31 Å². The normalized spacial score (nSPS) is 15.5. The quantitative estimate of drug-likeness (QED) is 0.926. The number of anilines is 1. The third kappa shape index (κ3) is 4.07. The third-order valence-electron chi connectivity index (χ3n) is 3.83. The zero-order valence-electron chi connectivity index (χ0n) is 14.1. The van der Waals surface area contributed by atoms with Crippen LogP contribution >= 0.6 is 0 Å². The van der Waals surface area contributed by atoms with Gasteiger partial charge in [0.25, 0.3) is 0 Å². The molecule has 3 rings (SSSR count). The monoisotopic (exact) mass is 348 g/mol. The molecule has 1 saturated heterocycles.